The lowest BCUT2D eigenvalue weighted by atomic mass is 10.1. The summed E-state index contributed by atoms with van der Waals surface area (Å²) < 4.78 is 1.78. The Labute approximate surface area is 214 Å². The van der Waals surface area contributed by atoms with Gasteiger partial charge in [0.05, 0.1) is 34.1 Å². The van der Waals surface area contributed by atoms with Gasteiger partial charge in [-0.1, -0.05) is 78.9 Å². The number of benzene rings is 5. The van der Waals surface area contributed by atoms with E-state index in [1.165, 1.54) is 0 Å². The molecule has 2 N–H and O–H groups in total. The number of para-hydroxylation sites is 4. The lowest BCUT2D eigenvalue weighted by Crippen LogP contribution is -2.16. The summed E-state index contributed by atoms with van der Waals surface area (Å²) in [7, 11) is 0. The topological polar surface area (TPSA) is 71.8 Å². The van der Waals surface area contributed by atoms with E-state index in [4.69, 9.17) is 10.1 Å². The van der Waals surface area contributed by atoms with Crippen molar-refractivity contribution >= 4 is 22.7 Å². The second-order valence-corrected chi connectivity index (χ2v) is 8.55. The molecule has 4 aromatic rings. The van der Waals surface area contributed by atoms with Crippen LogP contribution < -0.4 is 16.1 Å². The van der Waals surface area contributed by atoms with Crippen molar-refractivity contribution in [1.29, 1.82) is 0 Å². The molecule has 178 valence electrons. The molecule has 1 aliphatic carbocycles. The number of fused-ring (bicyclic) bond motifs is 1. The van der Waals surface area contributed by atoms with Crippen LogP contribution in [0.15, 0.2) is 132 Å². The van der Waals surface area contributed by atoms with Gasteiger partial charge in [-0.2, -0.15) is 0 Å². The van der Waals surface area contributed by atoms with Crippen LogP contribution in [0.4, 0.5) is 22.7 Å². The van der Waals surface area contributed by atoms with Crippen LogP contribution in [0.1, 0.15) is 0 Å². The smallest absolute Gasteiger partial charge is 0.204 e. The highest BCUT2D eigenvalue weighted by Crippen LogP contribution is 2.30. The summed E-state index contributed by atoms with van der Waals surface area (Å²) in [5.74, 6) is 0.577. The Kier molecular flexibility index (Phi) is 5.89. The van der Waals surface area contributed by atoms with Crippen molar-refractivity contribution < 1.29 is 0 Å². The van der Waals surface area contributed by atoms with E-state index in [1.807, 2.05) is 115 Å². The van der Waals surface area contributed by atoms with Crippen molar-refractivity contribution in [3.63, 3.8) is 0 Å². The average molecular weight is 482 g/mol. The van der Waals surface area contributed by atoms with Gasteiger partial charge in [0.1, 0.15) is 0 Å². The Morgan fingerprint density at radius 1 is 0.595 bits per heavy atom. The molecule has 0 aromatic heterocycles. The molecule has 6 rings (SSSR count). The summed E-state index contributed by atoms with van der Waals surface area (Å²) in [6.07, 6.45) is 0. The van der Waals surface area contributed by atoms with Gasteiger partial charge in [0.25, 0.3) is 0 Å². The molecule has 0 atom stereocenters. The van der Waals surface area contributed by atoms with Gasteiger partial charge in [0.15, 0.2) is 5.82 Å². The van der Waals surface area contributed by atoms with Crippen molar-refractivity contribution in [3.8, 4) is 28.5 Å². The standard InChI is InChI=1S/C31H23N5O/c37-30-21-29-27(20-28(30)33-26-19-11-10-18-25(26)32-23-14-6-2-7-15-23)34-31(22-12-4-1-5-13-22)35-36(29)24-16-8-3-9-17-24/h1-21,32-33H. The van der Waals surface area contributed by atoms with Crippen LogP contribution >= 0.6 is 0 Å². The first-order valence-corrected chi connectivity index (χ1v) is 12.0. The molecule has 0 unspecified atom stereocenters. The molecule has 0 saturated heterocycles. The molecular formula is C31H23N5O. The summed E-state index contributed by atoms with van der Waals surface area (Å²) in [5.41, 5.74) is 5.94. The Hall–Kier alpha value is -5.23. The highest BCUT2D eigenvalue weighted by Gasteiger charge is 2.18. The van der Waals surface area contributed by atoms with Gasteiger partial charge >= 0.3 is 0 Å². The van der Waals surface area contributed by atoms with E-state index < -0.39 is 0 Å². The minimum Gasteiger partial charge on any atom is -0.354 e. The normalized spacial score (nSPS) is 10.8. The van der Waals surface area contributed by atoms with E-state index in [1.54, 1.807) is 16.8 Å². The summed E-state index contributed by atoms with van der Waals surface area (Å²) in [4.78, 5) is 18.1. The van der Waals surface area contributed by atoms with Crippen LogP contribution in [0.3, 0.4) is 0 Å². The predicted octanol–water partition coefficient (Wildman–Crippen LogP) is 6.89. The van der Waals surface area contributed by atoms with Crippen LogP contribution in [0.25, 0.3) is 28.5 Å². The lowest BCUT2D eigenvalue weighted by Gasteiger charge is -2.18. The first-order chi connectivity index (χ1) is 18.2. The largest absolute Gasteiger partial charge is 0.354 e. The van der Waals surface area contributed by atoms with Gasteiger partial charge < -0.3 is 10.6 Å². The summed E-state index contributed by atoms with van der Waals surface area (Å²) in [6.45, 7) is 0. The second-order valence-electron chi connectivity index (χ2n) is 8.55. The first-order valence-electron chi connectivity index (χ1n) is 12.0. The maximum Gasteiger partial charge on any atom is 0.204 e. The SMILES string of the molecule is O=c1cc2n(-c3ccccc3)nc(-c3ccccc3)nc-2cc1Nc1ccccc1Nc1ccccc1. The van der Waals surface area contributed by atoms with E-state index in [0.717, 1.165) is 28.3 Å². The van der Waals surface area contributed by atoms with Gasteiger partial charge in [-0.3, -0.25) is 4.79 Å². The van der Waals surface area contributed by atoms with Gasteiger partial charge in [-0.25, -0.2) is 9.67 Å². The van der Waals surface area contributed by atoms with Crippen LogP contribution in [0, 0.1) is 0 Å². The Bertz CT molecular complexity index is 1680. The summed E-state index contributed by atoms with van der Waals surface area (Å²) >= 11 is 0. The minimum absolute atomic E-state index is 0.150. The zero-order chi connectivity index (χ0) is 25.0. The van der Waals surface area contributed by atoms with Crippen molar-refractivity contribution in [2.75, 3.05) is 10.6 Å². The van der Waals surface area contributed by atoms with Crippen LogP contribution in [-0.4, -0.2) is 14.8 Å². The molecule has 6 nitrogen and oxygen atoms in total. The summed E-state index contributed by atoms with van der Waals surface area (Å²) in [6, 6.07) is 40.7. The van der Waals surface area contributed by atoms with Crippen molar-refractivity contribution in [2.24, 2.45) is 0 Å². The number of hydrogen-bond acceptors (Lipinski definition) is 5. The van der Waals surface area contributed by atoms with Crippen LogP contribution in [0.5, 0.6) is 0 Å². The molecule has 1 aliphatic heterocycles. The van der Waals surface area contributed by atoms with Crippen LogP contribution in [0.2, 0.25) is 0 Å². The van der Waals surface area contributed by atoms with E-state index in [-0.39, 0.29) is 5.43 Å². The third kappa shape index (κ3) is 4.68. The monoisotopic (exact) mass is 481 g/mol. The lowest BCUT2D eigenvalue weighted by molar-refractivity contribution is 0.828. The fourth-order valence-corrected chi connectivity index (χ4v) is 4.20. The molecule has 0 radical (unpaired) electrons. The Morgan fingerprint density at radius 3 is 1.89 bits per heavy atom. The molecule has 0 bridgehead atoms. The Balaban J connectivity index is 1.46. The third-order valence-corrected chi connectivity index (χ3v) is 6.01. The summed E-state index contributed by atoms with van der Waals surface area (Å²) in [5, 5.41) is 11.5. The highest BCUT2D eigenvalue weighted by atomic mass is 16.1. The molecule has 6 heteroatoms. The zero-order valence-electron chi connectivity index (χ0n) is 19.9. The molecule has 4 aromatic carbocycles. The van der Waals surface area contributed by atoms with E-state index in [9.17, 15) is 4.79 Å². The third-order valence-electron chi connectivity index (χ3n) is 6.01. The van der Waals surface area contributed by atoms with Crippen molar-refractivity contribution in [1.82, 2.24) is 14.8 Å². The van der Waals surface area contributed by atoms with Crippen LogP contribution in [-0.2, 0) is 0 Å². The van der Waals surface area contributed by atoms with Gasteiger partial charge in [-0.05, 0) is 42.5 Å². The van der Waals surface area contributed by atoms with Gasteiger partial charge in [-0.15, -0.1) is 5.10 Å². The fourth-order valence-electron chi connectivity index (χ4n) is 4.20. The Morgan fingerprint density at radius 2 is 1.19 bits per heavy atom. The average Bonchev–Trinajstić information content (AvgIpc) is 2.95. The molecule has 2 aliphatic rings. The number of anilines is 4. The second kappa shape index (κ2) is 9.79. The minimum atomic E-state index is -0.150. The van der Waals surface area contributed by atoms with E-state index in [2.05, 4.69) is 10.6 Å². The van der Waals surface area contributed by atoms with Gasteiger partial charge in [0, 0.05) is 17.3 Å². The highest BCUT2D eigenvalue weighted by molar-refractivity contribution is 5.80. The zero-order valence-corrected chi connectivity index (χ0v) is 19.9. The number of nitrogens with one attached hydrogen (secondary N) is 2. The maximum atomic E-state index is 13.3. The molecule has 1 heterocycles. The molecule has 0 fully saturated rings. The molecular weight excluding hydrogens is 458 g/mol. The quantitative estimate of drug-likeness (QED) is 0.271. The van der Waals surface area contributed by atoms with E-state index >= 15 is 0 Å². The number of aromatic nitrogens is 3. The number of rotatable bonds is 6. The van der Waals surface area contributed by atoms with Crippen molar-refractivity contribution in [2.45, 2.75) is 0 Å². The number of hydrogen-bond donors (Lipinski definition) is 2. The maximum absolute atomic E-state index is 13.3. The molecule has 0 saturated carbocycles. The molecule has 0 amide bonds. The fraction of sp³-hybridized carbons (Fsp3) is 0. The van der Waals surface area contributed by atoms with E-state index in [0.29, 0.717) is 22.9 Å². The molecule has 0 spiro atoms. The van der Waals surface area contributed by atoms with Gasteiger partial charge in [0.2, 0.25) is 5.43 Å². The number of nitrogens with zero attached hydrogens (tertiary/aromatic N) is 3. The molecule has 37 heavy (non-hydrogen) atoms. The van der Waals surface area contributed by atoms with Crippen molar-refractivity contribution in [3.05, 3.63) is 138 Å². The predicted molar refractivity (Wildman–Crippen MR) is 149 cm³/mol. The first kappa shape index (κ1) is 22.2.